The summed E-state index contributed by atoms with van der Waals surface area (Å²) >= 11 is 0. The van der Waals surface area contributed by atoms with E-state index in [0.717, 1.165) is 11.1 Å². The molecule has 136 valence electrons. The molecule has 0 aliphatic heterocycles. The monoisotopic (exact) mass is 353 g/mol. The quantitative estimate of drug-likeness (QED) is 0.604. The predicted octanol–water partition coefficient (Wildman–Crippen LogP) is 3.98. The molecule has 0 fully saturated rings. The van der Waals surface area contributed by atoms with Crippen LogP contribution in [0.2, 0.25) is 0 Å². The standard InChI is InChI=1S/C21H23NO4/c1-4-25-19-11-6-5-9-17(19)12-13-20(23)26-16(3)21(24)22-18-10-7-8-15(2)14-18/h5-14,16H,4H2,1-3H3,(H,22,24)/b13-12+. The van der Waals surface area contributed by atoms with Crippen molar-refractivity contribution in [1.29, 1.82) is 0 Å². The van der Waals surface area contributed by atoms with Gasteiger partial charge in [0.15, 0.2) is 6.10 Å². The maximum Gasteiger partial charge on any atom is 0.331 e. The first-order valence-corrected chi connectivity index (χ1v) is 8.47. The second-order valence-electron chi connectivity index (χ2n) is 5.74. The molecule has 0 spiro atoms. The van der Waals surface area contributed by atoms with Gasteiger partial charge in [0.25, 0.3) is 5.91 Å². The maximum absolute atomic E-state index is 12.1. The number of rotatable bonds is 7. The zero-order valence-corrected chi connectivity index (χ0v) is 15.2. The molecule has 0 radical (unpaired) electrons. The predicted molar refractivity (Wildman–Crippen MR) is 102 cm³/mol. The number of nitrogens with one attached hydrogen (secondary N) is 1. The first-order chi connectivity index (χ1) is 12.5. The summed E-state index contributed by atoms with van der Waals surface area (Å²) in [5.41, 5.74) is 2.46. The lowest BCUT2D eigenvalue weighted by Gasteiger charge is -2.12. The smallest absolute Gasteiger partial charge is 0.331 e. The van der Waals surface area contributed by atoms with Gasteiger partial charge in [-0.05, 0) is 50.6 Å². The van der Waals surface area contributed by atoms with E-state index in [-0.39, 0.29) is 5.91 Å². The molecule has 0 aliphatic rings. The number of esters is 1. The Hall–Kier alpha value is -3.08. The zero-order chi connectivity index (χ0) is 18.9. The molecule has 0 aliphatic carbocycles. The number of aryl methyl sites for hydroxylation is 1. The van der Waals surface area contributed by atoms with Gasteiger partial charge >= 0.3 is 5.97 Å². The summed E-state index contributed by atoms with van der Waals surface area (Å²) in [7, 11) is 0. The van der Waals surface area contributed by atoms with Crippen LogP contribution in [0.4, 0.5) is 5.69 Å². The number of carbonyl (C=O) groups excluding carboxylic acids is 2. The largest absolute Gasteiger partial charge is 0.493 e. The second kappa shape index (κ2) is 9.42. The molecule has 26 heavy (non-hydrogen) atoms. The van der Waals surface area contributed by atoms with E-state index in [1.807, 2.05) is 56.3 Å². The molecule has 0 bridgehead atoms. The van der Waals surface area contributed by atoms with E-state index >= 15 is 0 Å². The van der Waals surface area contributed by atoms with Crippen LogP contribution in [0, 0.1) is 6.92 Å². The van der Waals surface area contributed by atoms with Gasteiger partial charge in [-0.15, -0.1) is 0 Å². The van der Waals surface area contributed by atoms with E-state index in [2.05, 4.69) is 5.32 Å². The Morgan fingerprint density at radius 2 is 1.92 bits per heavy atom. The van der Waals surface area contributed by atoms with Gasteiger partial charge in [0, 0.05) is 17.3 Å². The van der Waals surface area contributed by atoms with Crippen molar-refractivity contribution in [1.82, 2.24) is 0 Å². The van der Waals surface area contributed by atoms with Gasteiger partial charge in [0.1, 0.15) is 5.75 Å². The van der Waals surface area contributed by atoms with Crippen molar-refractivity contribution in [3.05, 3.63) is 65.7 Å². The number of anilines is 1. The fourth-order valence-electron chi connectivity index (χ4n) is 2.30. The molecule has 0 aromatic heterocycles. The van der Waals surface area contributed by atoms with E-state index in [1.165, 1.54) is 13.0 Å². The summed E-state index contributed by atoms with van der Waals surface area (Å²) in [4.78, 5) is 24.1. The topological polar surface area (TPSA) is 64.6 Å². The average molecular weight is 353 g/mol. The molecule has 0 saturated heterocycles. The van der Waals surface area contributed by atoms with E-state index in [0.29, 0.717) is 18.0 Å². The molecule has 2 aromatic carbocycles. The van der Waals surface area contributed by atoms with Gasteiger partial charge < -0.3 is 14.8 Å². The highest BCUT2D eigenvalue weighted by molar-refractivity contribution is 5.96. The summed E-state index contributed by atoms with van der Waals surface area (Å²) in [6, 6.07) is 14.8. The lowest BCUT2D eigenvalue weighted by Crippen LogP contribution is -2.29. The Labute approximate surface area is 153 Å². The summed E-state index contributed by atoms with van der Waals surface area (Å²) < 4.78 is 10.7. The zero-order valence-electron chi connectivity index (χ0n) is 15.2. The molecule has 2 rings (SSSR count). The lowest BCUT2D eigenvalue weighted by atomic mass is 10.2. The number of benzene rings is 2. The highest BCUT2D eigenvalue weighted by Gasteiger charge is 2.16. The molecule has 1 amide bonds. The molecule has 1 atom stereocenters. The summed E-state index contributed by atoms with van der Waals surface area (Å²) in [5.74, 6) is -0.292. The minimum atomic E-state index is -0.908. The fraction of sp³-hybridized carbons (Fsp3) is 0.238. The van der Waals surface area contributed by atoms with E-state index in [9.17, 15) is 9.59 Å². The first-order valence-electron chi connectivity index (χ1n) is 8.47. The van der Waals surface area contributed by atoms with Crippen LogP contribution in [0.1, 0.15) is 25.0 Å². The summed E-state index contributed by atoms with van der Waals surface area (Å²) in [6.45, 7) is 5.89. The third-order valence-electron chi connectivity index (χ3n) is 3.57. The number of para-hydroxylation sites is 1. The number of hydrogen-bond acceptors (Lipinski definition) is 4. The van der Waals surface area contributed by atoms with Crippen LogP contribution in [0.3, 0.4) is 0 Å². The molecule has 5 heteroatoms. The van der Waals surface area contributed by atoms with Crippen molar-refractivity contribution < 1.29 is 19.1 Å². The Bertz CT molecular complexity index is 798. The Morgan fingerprint density at radius 3 is 2.65 bits per heavy atom. The Morgan fingerprint density at radius 1 is 1.15 bits per heavy atom. The molecular formula is C21H23NO4. The third kappa shape index (κ3) is 5.77. The van der Waals surface area contributed by atoms with Gasteiger partial charge in [0.2, 0.25) is 0 Å². The number of amides is 1. The second-order valence-corrected chi connectivity index (χ2v) is 5.74. The number of carbonyl (C=O) groups is 2. The molecule has 1 unspecified atom stereocenters. The van der Waals surface area contributed by atoms with Crippen molar-refractivity contribution in [2.24, 2.45) is 0 Å². The van der Waals surface area contributed by atoms with Crippen LogP contribution in [0.15, 0.2) is 54.6 Å². The lowest BCUT2D eigenvalue weighted by molar-refractivity contribution is -0.148. The van der Waals surface area contributed by atoms with Gasteiger partial charge in [-0.25, -0.2) is 4.79 Å². The van der Waals surface area contributed by atoms with Crippen molar-refractivity contribution in [2.75, 3.05) is 11.9 Å². The van der Waals surface area contributed by atoms with Crippen LogP contribution in [0.25, 0.3) is 6.08 Å². The van der Waals surface area contributed by atoms with Crippen molar-refractivity contribution in [3.63, 3.8) is 0 Å². The van der Waals surface area contributed by atoms with Crippen LogP contribution in [-0.4, -0.2) is 24.6 Å². The van der Waals surface area contributed by atoms with Crippen molar-refractivity contribution in [3.8, 4) is 5.75 Å². The van der Waals surface area contributed by atoms with Crippen LogP contribution >= 0.6 is 0 Å². The number of hydrogen-bond donors (Lipinski definition) is 1. The van der Waals surface area contributed by atoms with Crippen LogP contribution < -0.4 is 10.1 Å². The maximum atomic E-state index is 12.1. The highest BCUT2D eigenvalue weighted by atomic mass is 16.5. The molecule has 0 heterocycles. The Balaban J connectivity index is 1.93. The fourth-order valence-corrected chi connectivity index (χ4v) is 2.30. The summed E-state index contributed by atoms with van der Waals surface area (Å²) in [5, 5.41) is 2.73. The molecule has 5 nitrogen and oxygen atoms in total. The molecule has 2 aromatic rings. The minimum Gasteiger partial charge on any atom is -0.493 e. The SMILES string of the molecule is CCOc1ccccc1/C=C/C(=O)OC(C)C(=O)Nc1cccc(C)c1. The highest BCUT2D eigenvalue weighted by Crippen LogP contribution is 2.19. The van der Waals surface area contributed by atoms with Gasteiger partial charge in [-0.2, -0.15) is 0 Å². The molecule has 1 N–H and O–H groups in total. The first kappa shape index (κ1) is 19.2. The summed E-state index contributed by atoms with van der Waals surface area (Å²) in [6.07, 6.45) is 1.99. The number of ether oxygens (including phenoxy) is 2. The van der Waals surface area contributed by atoms with Crippen molar-refractivity contribution >= 4 is 23.6 Å². The Kier molecular flexibility index (Phi) is 6.97. The van der Waals surface area contributed by atoms with Crippen LogP contribution in [-0.2, 0) is 14.3 Å². The minimum absolute atomic E-state index is 0.382. The molecular weight excluding hydrogens is 330 g/mol. The van der Waals surface area contributed by atoms with E-state index < -0.39 is 12.1 Å². The van der Waals surface area contributed by atoms with Crippen molar-refractivity contribution in [2.45, 2.75) is 26.9 Å². The van der Waals surface area contributed by atoms with E-state index in [4.69, 9.17) is 9.47 Å². The van der Waals surface area contributed by atoms with Crippen LogP contribution in [0.5, 0.6) is 5.75 Å². The van der Waals surface area contributed by atoms with Gasteiger partial charge in [0.05, 0.1) is 6.61 Å². The third-order valence-corrected chi connectivity index (χ3v) is 3.57. The van der Waals surface area contributed by atoms with Gasteiger partial charge in [-0.3, -0.25) is 4.79 Å². The van der Waals surface area contributed by atoms with Gasteiger partial charge in [-0.1, -0.05) is 30.3 Å². The van der Waals surface area contributed by atoms with E-state index in [1.54, 1.807) is 12.1 Å². The molecule has 0 saturated carbocycles. The average Bonchev–Trinajstić information content (AvgIpc) is 2.61. The normalized spacial score (nSPS) is 11.8.